The van der Waals surface area contributed by atoms with Crippen LogP contribution in [0.2, 0.25) is 0 Å². The number of hydroxylamine groups is 1. The Labute approximate surface area is 124 Å². The molecule has 1 aromatic carbocycles. The quantitative estimate of drug-likeness (QED) is 0.794. The Morgan fingerprint density at radius 1 is 1.24 bits per heavy atom. The highest BCUT2D eigenvalue weighted by Gasteiger charge is 2.12. The van der Waals surface area contributed by atoms with Gasteiger partial charge in [-0.05, 0) is 17.7 Å². The van der Waals surface area contributed by atoms with Crippen molar-refractivity contribution in [3.63, 3.8) is 0 Å². The van der Waals surface area contributed by atoms with Crippen molar-refractivity contribution in [2.75, 3.05) is 0 Å². The third kappa shape index (κ3) is 5.20. The summed E-state index contributed by atoms with van der Waals surface area (Å²) in [6.07, 6.45) is 0. The molecule has 1 amide bonds. The fourth-order valence-corrected chi connectivity index (χ4v) is 1.98. The van der Waals surface area contributed by atoms with Crippen molar-refractivity contribution in [2.45, 2.75) is 18.1 Å². The van der Waals surface area contributed by atoms with E-state index in [9.17, 15) is 13.6 Å². The summed E-state index contributed by atoms with van der Waals surface area (Å²) in [6.45, 7) is 0.224. The molecule has 21 heavy (non-hydrogen) atoms. The molecule has 112 valence electrons. The van der Waals surface area contributed by atoms with Crippen LogP contribution in [-0.4, -0.2) is 11.7 Å². The molecule has 0 atom stereocenters. The standard InChI is InChI=1S/C14H13F2NO3S/c15-14(16)21-9-11-6-7-12(20-11)13(18)17-19-8-10-4-2-1-3-5-10/h1-7,14H,8-9H2,(H,17,18). The molecule has 4 nitrogen and oxygen atoms in total. The van der Waals surface area contributed by atoms with Crippen LogP contribution >= 0.6 is 11.8 Å². The van der Waals surface area contributed by atoms with E-state index in [0.29, 0.717) is 17.5 Å². The number of carbonyl (C=O) groups is 1. The summed E-state index contributed by atoms with van der Waals surface area (Å²) in [6, 6.07) is 12.2. The number of nitrogens with one attached hydrogen (secondary N) is 1. The maximum absolute atomic E-state index is 12.0. The molecule has 2 aromatic rings. The van der Waals surface area contributed by atoms with Gasteiger partial charge in [0.15, 0.2) is 5.76 Å². The van der Waals surface area contributed by atoms with Gasteiger partial charge in [0, 0.05) is 0 Å². The zero-order valence-corrected chi connectivity index (χ0v) is 11.7. The van der Waals surface area contributed by atoms with Crippen LogP contribution in [0.3, 0.4) is 0 Å². The highest BCUT2D eigenvalue weighted by molar-refractivity contribution is 7.98. The Balaban J connectivity index is 1.78. The second kappa shape index (κ2) is 7.80. The SMILES string of the molecule is O=C(NOCc1ccccc1)c1ccc(CSC(F)F)o1. The largest absolute Gasteiger partial charge is 0.455 e. The van der Waals surface area contributed by atoms with Crippen LogP contribution in [0.4, 0.5) is 8.78 Å². The Hall–Kier alpha value is -1.86. The van der Waals surface area contributed by atoms with Gasteiger partial charge in [-0.3, -0.25) is 9.63 Å². The molecule has 0 aliphatic rings. The van der Waals surface area contributed by atoms with Gasteiger partial charge in [0.1, 0.15) is 5.76 Å². The zero-order valence-electron chi connectivity index (χ0n) is 10.9. The molecule has 0 aliphatic heterocycles. The lowest BCUT2D eigenvalue weighted by Gasteiger charge is -2.04. The third-order valence-electron chi connectivity index (χ3n) is 2.48. The Morgan fingerprint density at radius 3 is 2.71 bits per heavy atom. The van der Waals surface area contributed by atoms with Crippen molar-refractivity contribution >= 4 is 17.7 Å². The molecular formula is C14H13F2NO3S. The normalized spacial score (nSPS) is 10.8. The number of carbonyl (C=O) groups excluding carboxylic acids is 1. The monoisotopic (exact) mass is 313 g/mol. The molecule has 0 aliphatic carbocycles. The van der Waals surface area contributed by atoms with E-state index in [4.69, 9.17) is 9.25 Å². The number of furan rings is 1. The molecule has 0 radical (unpaired) electrons. The van der Waals surface area contributed by atoms with E-state index >= 15 is 0 Å². The molecule has 7 heteroatoms. The van der Waals surface area contributed by atoms with Crippen molar-refractivity contribution in [3.8, 4) is 0 Å². The lowest BCUT2D eigenvalue weighted by molar-refractivity contribution is 0.0211. The molecule has 0 bridgehead atoms. The van der Waals surface area contributed by atoms with Crippen molar-refractivity contribution < 1.29 is 22.8 Å². The molecule has 0 unspecified atom stereocenters. The molecule has 0 fully saturated rings. The predicted molar refractivity (Wildman–Crippen MR) is 74.7 cm³/mol. The Bertz CT molecular complexity index is 575. The number of benzene rings is 1. The zero-order chi connectivity index (χ0) is 15.1. The van der Waals surface area contributed by atoms with Gasteiger partial charge in [-0.1, -0.05) is 42.1 Å². The lowest BCUT2D eigenvalue weighted by atomic mass is 10.2. The van der Waals surface area contributed by atoms with Crippen molar-refractivity contribution in [1.82, 2.24) is 5.48 Å². The second-order valence-corrected chi connectivity index (χ2v) is 5.02. The van der Waals surface area contributed by atoms with Crippen LogP contribution in [0, 0.1) is 0 Å². The van der Waals surface area contributed by atoms with Crippen LogP contribution in [0.5, 0.6) is 0 Å². The van der Waals surface area contributed by atoms with Crippen LogP contribution in [0.25, 0.3) is 0 Å². The summed E-state index contributed by atoms with van der Waals surface area (Å²) in [7, 11) is 0. The van der Waals surface area contributed by atoms with Gasteiger partial charge in [-0.25, -0.2) is 5.48 Å². The fourth-order valence-electron chi connectivity index (χ4n) is 1.53. The first-order valence-electron chi connectivity index (χ1n) is 6.09. The molecular weight excluding hydrogens is 300 g/mol. The summed E-state index contributed by atoms with van der Waals surface area (Å²) in [5, 5.41) is 0. The molecule has 0 spiro atoms. The number of thioether (sulfide) groups is 1. The third-order valence-corrected chi connectivity index (χ3v) is 3.19. The highest BCUT2D eigenvalue weighted by atomic mass is 32.2. The number of amides is 1. The molecule has 2 rings (SSSR count). The van der Waals surface area contributed by atoms with Crippen LogP contribution < -0.4 is 5.48 Å². The number of hydrogen-bond acceptors (Lipinski definition) is 4. The number of hydrogen-bond donors (Lipinski definition) is 1. The second-order valence-electron chi connectivity index (χ2n) is 4.04. The van der Waals surface area contributed by atoms with E-state index in [1.54, 1.807) is 0 Å². The van der Waals surface area contributed by atoms with E-state index in [2.05, 4.69) is 5.48 Å². The van der Waals surface area contributed by atoms with Gasteiger partial charge in [-0.2, -0.15) is 8.78 Å². The van der Waals surface area contributed by atoms with Crippen molar-refractivity contribution in [3.05, 3.63) is 59.5 Å². The number of halogens is 2. The van der Waals surface area contributed by atoms with Gasteiger partial charge in [0.05, 0.1) is 12.4 Å². The minimum atomic E-state index is -2.47. The van der Waals surface area contributed by atoms with Crippen LogP contribution in [0.1, 0.15) is 21.9 Å². The summed E-state index contributed by atoms with van der Waals surface area (Å²) in [5.41, 5.74) is 3.15. The smallest absolute Gasteiger partial charge is 0.310 e. The fraction of sp³-hybridized carbons (Fsp3) is 0.214. The average Bonchev–Trinajstić information content (AvgIpc) is 2.95. The first-order chi connectivity index (χ1) is 10.1. The minimum Gasteiger partial charge on any atom is -0.455 e. The maximum Gasteiger partial charge on any atom is 0.310 e. The van der Waals surface area contributed by atoms with E-state index in [0.717, 1.165) is 5.56 Å². The maximum atomic E-state index is 12.0. The van der Waals surface area contributed by atoms with E-state index in [1.165, 1.54) is 12.1 Å². The lowest BCUT2D eigenvalue weighted by Crippen LogP contribution is -2.23. The topological polar surface area (TPSA) is 51.5 Å². The van der Waals surface area contributed by atoms with Crippen molar-refractivity contribution in [1.29, 1.82) is 0 Å². The molecule has 1 heterocycles. The predicted octanol–water partition coefficient (Wildman–Crippen LogP) is 3.60. The molecule has 1 aromatic heterocycles. The van der Waals surface area contributed by atoms with E-state index in [-0.39, 0.29) is 18.1 Å². The van der Waals surface area contributed by atoms with E-state index < -0.39 is 11.7 Å². The number of alkyl halides is 2. The molecule has 0 saturated carbocycles. The van der Waals surface area contributed by atoms with Crippen LogP contribution in [-0.2, 0) is 17.2 Å². The summed E-state index contributed by atoms with van der Waals surface area (Å²) in [4.78, 5) is 16.8. The Morgan fingerprint density at radius 2 is 2.00 bits per heavy atom. The molecule has 1 N–H and O–H groups in total. The van der Waals surface area contributed by atoms with Gasteiger partial charge < -0.3 is 4.42 Å². The first-order valence-corrected chi connectivity index (χ1v) is 7.14. The summed E-state index contributed by atoms with van der Waals surface area (Å²) in [5.74, 6) is -2.68. The van der Waals surface area contributed by atoms with E-state index in [1.807, 2.05) is 30.3 Å². The summed E-state index contributed by atoms with van der Waals surface area (Å²) < 4.78 is 29.2. The minimum absolute atomic E-state index is 0.00974. The van der Waals surface area contributed by atoms with Gasteiger partial charge in [0.2, 0.25) is 0 Å². The highest BCUT2D eigenvalue weighted by Crippen LogP contribution is 2.21. The number of rotatable bonds is 7. The van der Waals surface area contributed by atoms with Gasteiger partial charge >= 0.3 is 5.91 Å². The average molecular weight is 313 g/mol. The molecule has 0 saturated heterocycles. The van der Waals surface area contributed by atoms with Crippen molar-refractivity contribution in [2.24, 2.45) is 0 Å². The van der Waals surface area contributed by atoms with Gasteiger partial charge in [0.25, 0.3) is 5.76 Å². The first kappa shape index (κ1) is 15.5. The summed E-state index contributed by atoms with van der Waals surface area (Å²) >= 11 is 0.434. The van der Waals surface area contributed by atoms with Gasteiger partial charge in [-0.15, -0.1) is 0 Å². The Kier molecular flexibility index (Phi) is 5.77. The van der Waals surface area contributed by atoms with Crippen LogP contribution in [0.15, 0.2) is 46.9 Å².